The first-order valence-corrected chi connectivity index (χ1v) is 12.3. The molecule has 33 heavy (non-hydrogen) atoms. The average Bonchev–Trinajstić information content (AvgIpc) is 2.86. The molecule has 8 heteroatoms. The highest BCUT2D eigenvalue weighted by Crippen LogP contribution is 2.34. The summed E-state index contributed by atoms with van der Waals surface area (Å²) in [5, 5.41) is 0. The summed E-state index contributed by atoms with van der Waals surface area (Å²) in [5.41, 5.74) is 2.44. The molecular weight excluding hydrogens is 416 g/mol. The van der Waals surface area contributed by atoms with E-state index in [1.165, 1.54) is 38.3 Å². The van der Waals surface area contributed by atoms with Crippen molar-refractivity contribution in [1.29, 1.82) is 0 Å². The van der Waals surface area contributed by atoms with Crippen molar-refractivity contribution in [1.82, 2.24) is 24.8 Å². The number of fused-ring (bicyclic) bond motifs is 1. The Hall–Kier alpha value is -2.90. The zero-order chi connectivity index (χ0) is 22.8. The first-order chi connectivity index (χ1) is 16.1. The Morgan fingerprint density at radius 1 is 1.06 bits per heavy atom. The largest absolute Gasteiger partial charge is 0.337 e. The Bertz CT molecular complexity index is 1020. The molecular formula is C25H32N6O2. The SMILES string of the molecule is Cc1nc(C2CCCN(C(=O)c3cnccn3)C2)nc2c1CCC(=O)N2CC1CCCCC1. The Morgan fingerprint density at radius 2 is 1.91 bits per heavy atom. The second kappa shape index (κ2) is 9.53. The summed E-state index contributed by atoms with van der Waals surface area (Å²) in [7, 11) is 0. The van der Waals surface area contributed by atoms with Gasteiger partial charge in [0.05, 0.1) is 6.20 Å². The van der Waals surface area contributed by atoms with E-state index in [0.717, 1.165) is 42.3 Å². The van der Waals surface area contributed by atoms with Gasteiger partial charge >= 0.3 is 0 Å². The van der Waals surface area contributed by atoms with Gasteiger partial charge in [0.25, 0.3) is 5.91 Å². The number of anilines is 1. The zero-order valence-electron chi connectivity index (χ0n) is 19.4. The lowest BCUT2D eigenvalue weighted by atomic mass is 9.88. The fraction of sp³-hybridized carbons (Fsp3) is 0.600. The zero-order valence-corrected chi connectivity index (χ0v) is 19.4. The van der Waals surface area contributed by atoms with Gasteiger partial charge in [-0.1, -0.05) is 19.3 Å². The molecule has 2 aliphatic heterocycles. The Labute approximate surface area is 194 Å². The van der Waals surface area contributed by atoms with Gasteiger partial charge < -0.3 is 4.90 Å². The second-order valence-electron chi connectivity index (χ2n) is 9.66. The maximum atomic E-state index is 12.9. The summed E-state index contributed by atoms with van der Waals surface area (Å²) in [6.45, 7) is 4.06. The smallest absolute Gasteiger partial charge is 0.274 e. The number of rotatable bonds is 4. The van der Waals surface area contributed by atoms with Gasteiger partial charge in [0, 0.05) is 55.6 Å². The van der Waals surface area contributed by atoms with Crippen molar-refractivity contribution in [3.05, 3.63) is 41.4 Å². The summed E-state index contributed by atoms with van der Waals surface area (Å²) >= 11 is 0. The van der Waals surface area contributed by atoms with Crippen LogP contribution in [0.1, 0.15) is 84.9 Å². The molecule has 4 heterocycles. The lowest BCUT2D eigenvalue weighted by Crippen LogP contribution is -2.42. The fourth-order valence-corrected chi connectivity index (χ4v) is 5.55. The predicted octanol–water partition coefficient (Wildman–Crippen LogP) is 3.45. The van der Waals surface area contributed by atoms with Crippen LogP contribution in [0.3, 0.4) is 0 Å². The van der Waals surface area contributed by atoms with E-state index in [4.69, 9.17) is 9.97 Å². The van der Waals surface area contributed by atoms with Crippen LogP contribution in [0.4, 0.5) is 5.82 Å². The minimum Gasteiger partial charge on any atom is -0.337 e. The number of hydrogen-bond acceptors (Lipinski definition) is 6. The van der Waals surface area contributed by atoms with Gasteiger partial charge in [0.2, 0.25) is 5.91 Å². The van der Waals surface area contributed by atoms with Gasteiger partial charge in [0.15, 0.2) is 0 Å². The molecule has 1 aliphatic carbocycles. The number of hydrogen-bond donors (Lipinski definition) is 0. The van der Waals surface area contributed by atoms with E-state index in [1.807, 2.05) is 16.7 Å². The van der Waals surface area contributed by atoms with Crippen LogP contribution in [0.25, 0.3) is 0 Å². The lowest BCUT2D eigenvalue weighted by Gasteiger charge is -2.35. The van der Waals surface area contributed by atoms with Crippen LogP contribution in [0, 0.1) is 12.8 Å². The molecule has 0 N–H and O–H groups in total. The number of carbonyl (C=O) groups is 2. The summed E-state index contributed by atoms with van der Waals surface area (Å²) in [6, 6.07) is 0. The first-order valence-electron chi connectivity index (χ1n) is 12.3. The van der Waals surface area contributed by atoms with Crippen LogP contribution in [-0.2, 0) is 11.2 Å². The predicted molar refractivity (Wildman–Crippen MR) is 124 cm³/mol. The Kier molecular flexibility index (Phi) is 6.33. The molecule has 1 saturated carbocycles. The minimum absolute atomic E-state index is 0.0527. The molecule has 8 nitrogen and oxygen atoms in total. The number of aromatic nitrogens is 4. The molecule has 0 aromatic carbocycles. The van der Waals surface area contributed by atoms with Gasteiger partial charge in [-0.3, -0.25) is 19.5 Å². The van der Waals surface area contributed by atoms with Crippen LogP contribution in [0.5, 0.6) is 0 Å². The van der Waals surface area contributed by atoms with Crippen LogP contribution >= 0.6 is 0 Å². The number of carbonyl (C=O) groups excluding carboxylic acids is 2. The van der Waals surface area contributed by atoms with Crippen molar-refractivity contribution in [3.8, 4) is 0 Å². The second-order valence-corrected chi connectivity index (χ2v) is 9.66. The van der Waals surface area contributed by atoms with Crippen LogP contribution in [-0.4, -0.2) is 56.3 Å². The standard InChI is InChI=1S/C25H32N6O2/c1-17-20-9-10-22(32)31(15-18-6-3-2-4-7-18)24(20)29-23(28-17)19-8-5-13-30(16-19)25(33)21-14-26-11-12-27-21/h11-12,14,18-19H,2-10,13,15-16H2,1H3. The topological polar surface area (TPSA) is 92.2 Å². The van der Waals surface area contributed by atoms with E-state index in [1.54, 1.807) is 12.4 Å². The van der Waals surface area contributed by atoms with Gasteiger partial charge in [-0.2, -0.15) is 0 Å². The van der Waals surface area contributed by atoms with Crippen molar-refractivity contribution < 1.29 is 9.59 Å². The highest BCUT2D eigenvalue weighted by Gasteiger charge is 2.33. The Morgan fingerprint density at radius 3 is 2.70 bits per heavy atom. The molecule has 0 bridgehead atoms. The summed E-state index contributed by atoms with van der Waals surface area (Å²) in [4.78, 5) is 47.7. The molecule has 1 unspecified atom stereocenters. The lowest BCUT2D eigenvalue weighted by molar-refractivity contribution is -0.119. The number of likely N-dealkylation sites (tertiary alicyclic amines) is 1. The number of amides is 2. The van der Waals surface area contributed by atoms with E-state index < -0.39 is 0 Å². The van der Waals surface area contributed by atoms with Crippen LogP contribution in [0.15, 0.2) is 18.6 Å². The summed E-state index contributed by atoms with van der Waals surface area (Å²) in [5.74, 6) is 2.26. The monoisotopic (exact) mass is 448 g/mol. The maximum absolute atomic E-state index is 12.9. The van der Waals surface area contributed by atoms with Crippen molar-refractivity contribution in [2.24, 2.45) is 5.92 Å². The molecule has 1 saturated heterocycles. The first kappa shape index (κ1) is 21.9. The molecule has 2 aromatic rings. The Balaban J connectivity index is 1.39. The molecule has 2 fully saturated rings. The minimum atomic E-state index is -0.100. The molecule has 2 aromatic heterocycles. The van der Waals surface area contributed by atoms with Crippen molar-refractivity contribution in [2.75, 3.05) is 24.5 Å². The molecule has 2 amide bonds. The number of nitrogens with zero attached hydrogens (tertiary/aromatic N) is 6. The highest BCUT2D eigenvalue weighted by atomic mass is 16.2. The van der Waals surface area contributed by atoms with Crippen molar-refractivity contribution in [2.45, 2.75) is 70.6 Å². The normalized spacial score (nSPS) is 21.7. The molecule has 3 aliphatic rings. The van der Waals surface area contributed by atoms with E-state index in [9.17, 15) is 9.59 Å². The maximum Gasteiger partial charge on any atom is 0.274 e. The van der Waals surface area contributed by atoms with Crippen molar-refractivity contribution in [3.63, 3.8) is 0 Å². The molecule has 0 radical (unpaired) electrons. The van der Waals surface area contributed by atoms with Gasteiger partial charge in [0.1, 0.15) is 17.3 Å². The number of aryl methyl sites for hydroxylation is 1. The van der Waals surface area contributed by atoms with E-state index in [2.05, 4.69) is 9.97 Å². The molecule has 5 rings (SSSR count). The highest BCUT2D eigenvalue weighted by molar-refractivity contribution is 5.95. The van der Waals surface area contributed by atoms with E-state index >= 15 is 0 Å². The van der Waals surface area contributed by atoms with Gasteiger partial charge in [-0.25, -0.2) is 15.0 Å². The molecule has 174 valence electrons. The third-order valence-corrected chi connectivity index (χ3v) is 7.38. The third kappa shape index (κ3) is 4.61. The van der Waals surface area contributed by atoms with Crippen LogP contribution < -0.4 is 4.90 Å². The third-order valence-electron chi connectivity index (χ3n) is 7.38. The summed E-state index contributed by atoms with van der Waals surface area (Å²) in [6.07, 6.45) is 13.9. The molecule has 0 spiro atoms. The van der Waals surface area contributed by atoms with E-state index in [0.29, 0.717) is 37.5 Å². The van der Waals surface area contributed by atoms with Crippen molar-refractivity contribution >= 4 is 17.6 Å². The van der Waals surface area contributed by atoms with E-state index in [-0.39, 0.29) is 17.7 Å². The molecule has 1 atom stereocenters. The average molecular weight is 449 g/mol. The van der Waals surface area contributed by atoms with Gasteiger partial charge in [-0.15, -0.1) is 0 Å². The quantitative estimate of drug-likeness (QED) is 0.711. The fourth-order valence-electron chi connectivity index (χ4n) is 5.55. The van der Waals surface area contributed by atoms with Crippen LogP contribution in [0.2, 0.25) is 0 Å². The van der Waals surface area contributed by atoms with Gasteiger partial charge in [-0.05, 0) is 44.9 Å². The summed E-state index contributed by atoms with van der Waals surface area (Å²) < 4.78 is 0. The number of piperidine rings is 1.